The maximum Gasteiger partial charge on any atom is 0.226 e. The molecule has 0 N–H and O–H groups in total. The lowest BCUT2D eigenvalue weighted by Gasteiger charge is -2.34. The van der Waals surface area contributed by atoms with Gasteiger partial charge in [-0.25, -0.2) is 0 Å². The Bertz CT molecular complexity index is 555. The van der Waals surface area contributed by atoms with Crippen LogP contribution in [0.5, 0.6) is 0 Å². The summed E-state index contributed by atoms with van der Waals surface area (Å²) in [6.45, 7) is 2.88. The zero-order valence-electron chi connectivity index (χ0n) is 14.0. The van der Waals surface area contributed by atoms with Gasteiger partial charge in [0.15, 0.2) is 5.76 Å². The minimum absolute atomic E-state index is 0.128. The monoisotopic (exact) mass is 319 g/mol. The third kappa shape index (κ3) is 3.44. The molecule has 2 aliphatic heterocycles. The Morgan fingerprint density at radius 1 is 1.22 bits per heavy atom. The predicted molar refractivity (Wildman–Crippen MR) is 86.6 cm³/mol. The number of methoxy groups -OCH3 is 2. The first-order chi connectivity index (χ1) is 11.2. The molecule has 1 aliphatic carbocycles. The molecule has 3 aliphatic rings. The van der Waals surface area contributed by atoms with Crippen LogP contribution in [0.3, 0.4) is 0 Å². The predicted octanol–water partition coefficient (Wildman–Crippen LogP) is 2.41. The first-order valence-corrected chi connectivity index (χ1v) is 8.30. The average molecular weight is 319 g/mol. The number of nitrogens with zero attached hydrogens (tertiary/aromatic N) is 1. The fourth-order valence-corrected chi connectivity index (χ4v) is 3.47. The van der Waals surface area contributed by atoms with Gasteiger partial charge >= 0.3 is 0 Å². The number of hydrogen-bond donors (Lipinski definition) is 0. The van der Waals surface area contributed by atoms with Gasteiger partial charge in [-0.1, -0.05) is 6.08 Å². The van der Waals surface area contributed by atoms with Gasteiger partial charge in [-0.05, 0) is 36.5 Å². The van der Waals surface area contributed by atoms with Crippen LogP contribution in [-0.2, 0) is 19.0 Å². The number of rotatable bonds is 3. The van der Waals surface area contributed by atoms with E-state index in [9.17, 15) is 4.79 Å². The van der Waals surface area contributed by atoms with Crippen molar-refractivity contribution in [2.45, 2.75) is 25.7 Å². The molecule has 2 heterocycles. The zero-order valence-corrected chi connectivity index (χ0v) is 14.0. The summed E-state index contributed by atoms with van der Waals surface area (Å²) in [6, 6.07) is 0. The molecule has 2 saturated heterocycles. The highest BCUT2D eigenvalue weighted by Crippen LogP contribution is 2.31. The number of hydrogen-bond acceptors (Lipinski definition) is 4. The summed E-state index contributed by atoms with van der Waals surface area (Å²) in [5.74, 6) is 2.04. The summed E-state index contributed by atoms with van der Waals surface area (Å²) >= 11 is 0. The SMILES string of the molecule is COC1=C(OC)CC=C2CN(C(=O)C3CCOCC3)CCC2=C1. The van der Waals surface area contributed by atoms with Crippen molar-refractivity contribution in [1.82, 2.24) is 4.90 Å². The van der Waals surface area contributed by atoms with Crippen molar-refractivity contribution in [3.8, 4) is 0 Å². The number of likely N-dealkylation sites (tertiary alicyclic amines) is 1. The standard InChI is InChI=1S/C18H25NO4/c1-21-16-4-3-15-12-19(8-5-14(15)11-17(16)22-2)18(20)13-6-9-23-10-7-13/h3,11,13H,4-10,12H2,1-2H3. The average Bonchev–Trinajstić information content (AvgIpc) is 2.79. The largest absolute Gasteiger partial charge is 0.497 e. The minimum Gasteiger partial charge on any atom is -0.497 e. The number of carbonyl (C=O) groups is 1. The van der Waals surface area contributed by atoms with Gasteiger partial charge < -0.3 is 19.1 Å². The van der Waals surface area contributed by atoms with E-state index in [4.69, 9.17) is 14.2 Å². The van der Waals surface area contributed by atoms with E-state index in [0.29, 0.717) is 26.2 Å². The second-order valence-corrected chi connectivity index (χ2v) is 6.20. The molecule has 0 unspecified atom stereocenters. The van der Waals surface area contributed by atoms with E-state index in [1.54, 1.807) is 14.2 Å². The second kappa shape index (κ2) is 7.21. The normalized spacial score (nSPS) is 22.8. The van der Waals surface area contributed by atoms with Crippen molar-refractivity contribution in [3.05, 3.63) is 34.8 Å². The molecule has 5 nitrogen and oxygen atoms in total. The molecule has 3 rings (SSSR count). The van der Waals surface area contributed by atoms with Crippen molar-refractivity contribution >= 4 is 5.91 Å². The van der Waals surface area contributed by atoms with Gasteiger partial charge in [-0.3, -0.25) is 4.79 Å². The number of amides is 1. The van der Waals surface area contributed by atoms with Gasteiger partial charge in [0.25, 0.3) is 0 Å². The van der Waals surface area contributed by atoms with Crippen LogP contribution >= 0.6 is 0 Å². The summed E-state index contributed by atoms with van der Waals surface area (Å²) < 4.78 is 16.2. The summed E-state index contributed by atoms with van der Waals surface area (Å²) in [4.78, 5) is 14.7. The lowest BCUT2D eigenvalue weighted by atomic mass is 9.93. The molecule has 0 radical (unpaired) electrons. The Kier molecular flexibility index (Phi) is 5.06. The molecule has 0 atom stereocenters. The number of piperidine rings is 1. The molecule has 126 valence electrons. The van der Waals surface area contributed by atoms with Gasteiger partial charge in [0.05, 0.1) is 14.2 Å². The summed E-state index contributed by atoms with van der Waals surface area (Å²) in [5.41, 5.74) is 2.48. The van der Waals surface area contributed by atoms with E-state index >= 15 is 0 Å². The summed E-state index contributed by atoms with van der Waals surface area (Å²) in [7, 11) is 3.33. The molecule has 23 heavy (non-hydrogen) atoms. The highest BCUT2D eigenvalue weighted by atomic mass is 16.5. The summed E-state index contributed by atoms with van der Waals surface area (Å²) in [5, 5.41) is 0. The van der Waals surface area contributed by atoms with Crippen LogP contribution in [0, 0.1) is 5.92 Å². The third-order valence-electron chi connectivity index (χ3n) is 4.89. The van der Waals surface area contributed by atoms with E-state index in [-0.39, 0.29) is 11.8 Å². The van der Waals surface area contributed by atoms with Gasteiger partial charge in [0.1, 0.15) is 5.76 Å². The second-order valence-electron chi connectivity index (χ2n) is 6.20. The third-order valence-corrected chi connectivity index (χ3v) is 4.89. The number of ether oxygens (including phenoxy) is 3. The van der Waals surface area contributed by atoms with Crippen molar-refractivity contribution in [2.24, 2.45) is 5.92 Å². The van der Waals surface area contributed by atoms with Crippen molar-refractivity contribution < 1.29 is 19.0 Å². The number of carbonyl (C=O) groups excluding carboxylic acids is 1. The fourth-order valence-electron chi connectivity index (χ4n) is 3.47. The Balaban J connectivity index is 1.72. The molecular formula is C18H25NO4. The van der Waals surface area contributed by atoms with E-state index in [2.05, 4.69) is 12.2 Å². The van der Waals surface area contributed by atoms with Gasteiger partial charge in [0, 0.05) is 38.6 Å². The quantitative estimate of drug-likeness (QED) is 0.801. The molecule has 0 spiro atoms. The van der Waals surface area contributed by atoms with Crippen molar-refractivity contribution in [2.75, 3.05) is 40.5 Å². The molecule has 0 saturated carbocycles. The number of fused-ring (bicyclic) bond motifs is 1. The van der Waals surface area contributed by atoms with Crippen LogP contribution in [0.15, 0.2) is 34.8 Å². The molecule has 1 amide bonds. The molecule has 0 aromatic rings. The smallest absolute Gasteiger partial charge is 0.226 e. The maximum absolute atomic E-state index is 12.7. The highest BCUT2D eigenvalue weighted by molar-refractivity contribution is 5.79. The van der Waals surface area contributed by atoms with E-state index < -0.39 is 0 Å². The Morgan fingerprint density at radius 2 is 2.00 bits per heavy atom. The molecule has 5 heteroatoms. The maximum atomic E-state index is 12.7. The van der Waals surface area contributed by atoms with Crippen LogP contribution in [-0.4, -0.2) is 51.3 Å². The first-order valence-electron chi connectivity index (χ1n) is 8.30. The van der Waals surface area contributed by atoms with Gasteiger partial charge in [-0.15, -0.1) is 0 Å². The van der Waals surface area contributed by atoms with E-state index in [1.807, 2.05) is 4.90 Å². The summed E-state index contributed by atoms with van der Waals surface area (Å²) in [6.07, 6.45) is 7.49. The zero-order chi connectivity index (χ0) is 16.2. The van der Waals surface area contributed by atoms with Crippen molar-refractivity contribution in [3.63, 3.8) is 0 Å². The molecule has 0 aromatic heterocycles. The van der Waals surface area contributed by atoms with E-state index in [1.165, 1.54) is 11.1 Å². The Morgan fingerprint density at radius 3 is 2.70 bits per heavy atom. The van der Waals surface area contributed by atoms with Crippen LogP contribution < -0.4 is 0 Å². The van der Waals surface area contributed by atoms with Crippen LogP contribution in [0.2, 0.25) is 0 Å². The van der Waals surface area contributed by atoms with Crippen molar-refractivity contribution in [1.29, 1.82) is 0 Å². The molecule has 2 fully saturated rings. The van der Waals surface area contributed by atoms with Crippen LogP contribution in [0.1, 0.15) is 25.7 Å². The molecule has 0 bridgehead atoms. The highest BCUT2D eigenvalue weighted by Gasteiger charge is 2.30. The lowest BCUT2D eigenvalue weighted by molar-refractivity contribution is -0.138. The Labute approximate surface area is 137 Å². The minimum atomic E-state index is 0.128. The first kappa shape index (κ1) is 16.1. The fraction of sp³-hybridized carbons (Fsp3) is 0.611. The molecule has 0 aromatic carbocycles. The Hall–Kier alpha value is -1.75. The topological polar surface area (TPSA) is 48.0 Å². The van der Waals surface area contributed by atoms with Crippen LogP contribution in [0.25, 0.3) is 0 Å². The van der Waals surface area contributed by atoms with Gasteiger partial charge in [-0.2, -0.15) is 0 Å². The lowest BCUT2D eigenvalue weighted by Crippen LogP contribution is -2.42. The molecular weight excluding hydrogens is 294 g/mol. The van der Waals surface area contributed by atoms with Gasteiger partial charge in [0.2, 0.25) is 5.91 Å². The van der Waals surface area contributed by atoms with E-state index in [0.717, 1.165) is 37.3 Å². The number of allylic oxidation sites excluding steroid dienone is 2. The van der Waals surface area contributed by atoms with Crippen LogP contribution in [0.4, 0.5) is 0 Å².